The molecule has 0 aliphatic rings. The van der Waals surface area contributed by atoms with Crippen LogP contribution in [0.25, 0.3) is 0 Å². The van der Waals surface area contributed by atoms with Crippen LogP contribution < -0.4 is 4.90 Å². The smallest absolute Gasteiger partial charge is 0.261 e. The zero-order chi connectivity index (χ0) is 14.7. The number of nitrogens with zero attached hydrogens (tertiary/aromatic N) is 4. The molecule has 5 heteroatoms. The first-order valence-electron chi connectivity index (χ1n) is 6.57. The topological polar surface area (TPSA) is 59.0 Å². The molecule has 2 heterocycles. The average Bonchev–Trinajstić information content (AvgIpc) is 2.46. The molecule has 2 rings (SSSR count). The van der Waals surface area contributed by atoms with Gasteiger partial charge in [0.25, 0.3) is 5.91 Å². The third kappa shape index (κ3) is 2.66. The number of aromatic nitrogens is 3. The normalized spacial score (nSPS) is 10.4. The highest BCUT2D eigenvalue weighted by molar-refractivity contribution is 6.06. The number of anilines is 1. The fourth-order valence-corrected chi connectivity index (χ4v) is 2.07. The van der Waals surface area contributed by atoms with Crippen LogP contribution in [0.2, 0.25) is 0 Å². The van der Waals surface area contributed by atoms with Crippen molar-refractivity contribution >= 4 is 11.7 Å². The molecule has 0 aliphatic heterocycles. The molecular weight excluding hydrogens is 252 g/mol. The van der Waals surface area contributed by atoms with Gasteiger partial charge in [-0.15, -0.1) is 0 Å². The zero-order valence-electron chi connectivity index (χ0n) is 12.2. The average molecular weight is 270 g/mol. The second-order valence-electron chi connectivity index (χ2n) is 4.71. The second-order valence-corrected chi connectivity index (χ2v) is 4.71. The lowest BCUT2D eigenvalue weighted by atomic mass is 10.1. The van der Waals surface area contributed by atoms with Gasteiger partial charge < -0.3 is 0 Å². The van der Waals surface area contributed by atoms with Crippen LogP contribution in [0.15, 0.2) is 24.4 Å². The van der Waals surface area contributed by atoms with Gasteiger partial charge in [0, 0.05) is 13.2 Å². The Kier molecular flexibility index (Phi) is 4.08. The fourth-order valence-electron chi connectivity index (χ4n) is 2.07. The third-order valence-corrected chi connectivity index (χ3v) is 3.16. The zero-order valence-corrected chi connectivity index (χ0v) is 12.2. The maximum atomic E-state index is 12.6. The van der Waals surface area contributed by atoms with Gasteiger partial charge in [0.2, 0.25) is 0 Å². The summed E-state index contributed by atoms with van der Waals surface area (Å²) in [6.07, 6.45) is 2.35. The lowest BCUT2D eigenvalue weighted by Gasteiger charge is -2.19. The summed E-state index contributed by atoms with van der Waals surface area (Å²) in [5, 5.41) is 8.10. The number of carbonyl (C=O) groups is 1. The molecule has 0 saturated carbocycles. The molecule has 0 radical (unpaired) electrons. The number of amides is 1. The molecule has 0 N–H and O–H groups in total. The van der Waals surface area contributed by atoms with E-state index >= 15 is 0 Å². The molecule has 0 saturated heterocycles. The van der Waals surface area contributed by atoms with Gasteiger partial charge >= 0.3 is 0 Å². The standard InChI is InChI=1S/C15H18N4O/c1-5-13-12(9-11(3)17-18-13)15(20)19(4)14-10(2)7-6-8-16-14/h6-9H,5H2,1-4H3. The molecule has 20 heavy (non-hydrogen) atoms. The van der Waals surface area contributed by atoms with Gasteiger partial charge in [-0.2, -0.15) is 10.2 Å². The first-order valence-corrected chi connectivity index (χ1v) is 6.57. The summed E-state index contributed by atoms with van der Waals surface area (Å²) >= 11 is 0. The van der Waals surface area contributed by atoms with Crippen LogP contribution in [0, 0.1) is 13.8 Å². The Bertz CT molecular complexity index is 640. The SMILES string of the molecule is CCc1nnc(C)cc1C(=O)N(C)c1ncccc1C. The number of pyridine rings is 1. The highest BCUT2D eigenvalue weighted by atomic mass is 16.2. The molecule has 0 unspecified atom stereocenters. The van der Waals surface area contributed by atoms with Crippen molar-refractivity contribution in [3.8, 4) is 0 Å². The van der Waals surface area contributed by atoms with E-state index in [1.807, 2.05) is 32.9 Å². The van der Waals surface area contributed by atoms with E-state index in [4.69, 9.17) is 0 Å². The van der Waals surface area contributed by atoms with Gasteiger partial charge in [0.05, 0.1) is 17.0 Å². The van der Waals surface area contributed by atoms with E-state index in [0.717, 1.165) is 11.3 Å². The van der Waals surface area contributed by atoms with E-state index in [1.165, 1.54) is 0 Å². The first kappa shape index (κ1) is 14.1. The molecular formula is C15H18N4O. The minimum atomic E-state index is -0.110. The van der Waals surface area contributed by atoms with E-state index in [0.29, 0.717) is 23.5 Å². The third-order valence-electron chi connectivity index (χ3n) is 3.16. The molecule has 0 aliphatic carbocycles. The van der Waals surface area contributed by atoms with Crippen LogP contribution in [0.5, 0.6) is 0 Å². The maximum absolute atomic E-state index is 12.6. The minimum Gasteiger partial charge on any atom is -0.296 e. The van der Waals surface area contributed by atoms with Crippen LogP contribution in [0.3, 0.4) is 0 Å². The van der Waals surface area contributed by atoms with Crippen LogP contribution in [0.1, 0.15) is 34.2 Å². The predicted molar refractivity (Wildman–Crippen MR) is 77.9 cm³/mol. The van der Waals surface area contributed by atoms with Crippen molar-refractivity contribution in [1.29, 1.82) is 0 Å². The van der Waals surface area contributed by atoms with Crippen molar-refractivity contribution in [2.45, 2.75) is 27.2 Å². The van der Waals surface area contributed by atoms with Crippen molar-refractivity contribution < 1.29 is 4.79 Å². The van der Waals surface area contributed by atoms with E-state index in [-0.39, 0.29) is 5.91 Å². The number of hydrogen-bond acceptors (Lipinski definition) is 4. The summed E-state index contributed by atoms with van der Waals surface area (Å²) in [4.78, 5) is 18.5. The Balaban J connectivity index is 2.41. The predicted octanol–water partition coefficient (Wildman–Crippen LogP) is 2.33. The van der Waals surface area contributed by atoms with E-state index in [1.54, 1.807) is 24.2 Å². The van der Waals surface area contributed by atoms with Gasteiger partial charge in [-0.25, -0.2) is 4.98 Å². The van der Waals surface area contributed by atoms with Crippen LogP contribution in [0.4, 0.5) is 5.82 Å². The molecule has 104 valence electrons. The number of carbonyl (C=O) groups excluding carboxylic acids is 1. The van der Waals surface area contributed by atoms with Gasteiger partial charge in [0.1, 0.15) is 5.82 Å². The van der Waals surface area contributed by atoms with Gasteiger partial charge in [-0.1, -0.05) is 13.0 Å². The second kappa shape index (κ2) is 5.77. The van der Waals surface area contributed by atoms with Crippen LogP contribution >= 0.6 is 0 Å². The molecule has 1 amide bonds. The Morgan fingerprint density at radius 3 is 2.70 bits per heavy atom. The van der Waals surface area contributed by atoms with Gasteiger partial charge in [-0.3, -0.25) is 9.69 Å². The van der Waals surface area contributed by atoms with Crippen molar-refractivity contribution in [2.75, 3.05) is 11.9 Å². The first-order chi connectivity index (χ1) is 9.54. The largest absolute Gasteiger partial charge is 0.296 e. The van der Waals surface area contributed by atoms with Crippen LogP contribution in [-0.4, -0.2) is 28.1 Å². The Morgan fingerprint density at radius 2 is 2.05 bits per heavy atom. The molecule has 0 fully saturated rings. The van der Waals surface area contributed by atoms with Crippen molar-refractivity contribution in [1.82, 2.24) is 15.2 Å². The lowest BCUT2D eigenvalue weighted by molar-refractivity contribution is 0.0990. The summed E-state index contributed by atoms with van der Waals surface area (Å²) in [5.41, 5.74) is 2.99. The van der Waals surface area contributed by atoms with E-state index in [9.17, 15) is 4.79 Å². The summed E-state index contributed by atoms with van der Waals surface area (Å²) in [6.45, 7) is 5.72. The molecule has 0 atom stereocenters. The number of hydrogen-bond donors (Lipinski definition) is 0. The minimum absolute atomic E-state index is 0.110. The highest BCUT2D eigenvalue weighted by Crippen LogP contribution is 2.18. The molecule has 0 spiro atoms. The summed E-state index contributed by atoms with van der Waals surface area (Å²) in [5.74, 6) is 0.552. The fraction of sp³-hybridized carbons (Fsp3) is 0.333. The Hall–Kier alpha value is -2.30. The Morgan fingerprint density at radius 1 is 1.30 bits per heavy atom. The van der Waals surface area contributed by atoms with Gasteiger partial charge in [-0.05, 0) is 38.0 Å². The molecule has 5 nitrogen and oxygen atoms in total. The molecule has 2 aromatic rings. The highest BCUT2D eigenvalue weighted by Gasteiger charge is 2.20. The summed E-state index contributed by atoms with van der Waals surface area (Å²) in [7, 11) is 1.73. The summed E-state index contributed by atoms with van der Waals surface area (Å²) in [6, 6.07) is 5.57. The van der Waals surface area contributed by atoms with Crippen molar-refractivity contribution in [3.63, 3.8) is 0 Å². The number of rotatable bonds is 3. The quantitative estimate of drug-likeness (QED) is 0.859. The van der Waals surface area contributed by atoms with Crippen molar-refractivity contribution in [3.05, 3.63) is 46.9 Å². The monoisotopic (exact) mass is 270 g/mol. The maximum Gasteiger partial charge on any atom is 0.261 e. The lowest BCUT2D eigenvalue weighted by Crippen LogP contribution is -2.29. The van der Waals surface area contributed by atoms with Crippen LogP contribution in [-0.2, 0) is 6.42 Å². The van der Waals surface area contributed by atoms with E-state index in [2.05, 4.69) is 15.2 Å². The molecule has 0 aromatic carbocycles. The summed E-state index contributed by atoms with van der Waals surface area (Å²) < 4.78 is 0. The Labute approximate surface area is 118 Å². The number of aryl methyl sites for hydroxylation is 3. The molecule has 2 aromatic heterocycles. The molecule has 0 bridgehead atoms. The van der Waals surface area contributed by atoms with Gasteiger partial charge in [0.15, 0.2) is 0 Å². The van der Waals surface area contributed by atoms with E-state index < -0.39 is 0 Å². The van der Waals surface area contributed by atoms with Crippen molar-refractivity contribution in [2.24, 2.45) is 0 Å².